The first kappa shape index (κ1) is 10.4. The van der Waals surface area contributed by atoms with Crippen LogP contribution < -0.4 is 4.74 Å². The Morgan fingerprint density at radius 2 is 2.14 bits per heavy atom. The number of carbonyl (C=O) groups excluding carboxylic acids is 1. The minimum atomic E-state index is -0.412. The van der Waals surface area contributed by atoms with E-state index in [0.29, 0.717) is 11.3 Å². The van der Waals surface area contributed by atoms with Gasteiger partial charge in [-0.2, -0.15) is 0 Å². The van der Waals surface area contributed by atoms with Crippen molar-refractivity contribution in [3.8, 4) is 11.5 Å². The number of ether oxygens (including phenoxy) is 2. The molecule has 0 spiro atoms. The maximum Gasteiger partial charge on any atom is 0.310 e. The van der Waals surface area contributed by atoms with Crippen molar-refractivity contribution in [2.24, 2.45) is 0 Å². The molecule has 0 bridgehead atoms. The molecule has 0 aliphatic rings. The lowest BCUT2D eigenvalue weighted by atomic mass is 10.1. The van der Waals surface area contributed by atoms with E-state index in [4.69, 9.17) is 4.74 Å². The maximum absolute atomic E-state index is 11.0. The summed E-state index contributed by atoms with van der Waals surface area (Å²) in [6, 6.07) is 4.83. The van der Waals surface area contributed by atoms with Crippen molar-refractivity contribution in [1.29, 1.82) is 0 Å². The first-order valence-corrected chi connectivity index (χ1v) is 4.10. The molecule has 1 rings (SSSR count). The number of phenolic OH excluding ortho intramolecular Hbond substituents is 1. The van der Waals surface area contributed by atoms with Gasteiger partial charge in [0.1, 0.15) is 11.5 Å². The molecule has 0 unspecified atom stereocenters. The number of phenols is 1. The normalized spacial score (nSPS) is 9.57. The Balaban J connectivity index is 2.98. The van der Waals surface area contributed by atoms with Crippen molar-refractivity contribution < 1.29 is 19.4 Å². The van der Waals surface area contributed by atoms with Crippen molar-refractivity contribution in [2.45, 2.75) is 6.42 Å². The van der Waals surface area contributed by atoms with Crippen molar-refractivity contribution >= 4 is 5.97 Å². The van der Waals surface area contributed by atoms with E-state index in [-0.39, 0.29) is 12.2 Å². The van der Waals surface area contributed by atoms with Crippen LogP contribution in [0.2, 0.25) is 0 Å². The highest BCUT2D eigenvalue weighted by molar-refractivity contribution is 5.74. The third-order valence-electron chi connectivity index (χ3n) is 1.88. The van der Waals surface area contributed by atoms with Crippen LogP contribution in [-0.4, -0.2) is 25.3 Å². The number of hydrogen-bond donors (Lipinski definition) is 1. The highest BCUT2D eigenvalue weighted by Crippen LogP contribution is 2.27. The lowest BCUT2D eigenvalue weighted by Gasteiger charge is -2.08. The lowest BCUT2D eigenvalue weighted by molar-refractivity contribution is -0.139. The molecule has 14 heavy (non-hydrogen) atoms. The zero-order valence-corrected chi connectivity index (χ0v) is 8.11. The van der Waals surface area contributed by atoms with Crippen LogP contribution in [0.3, 0.4) is 0 Å². The van der Waals surface area contributed by atoms with E-state index in [0.717, 1.165) is 0 Å². The van der Waals surface area contributed by atoms with Gasteiger partial charge in [0.05, 0.1) is 20.6 Å². The predicted molar refractivity (Wildman–Crippen MR) is 50.4 cm³/mol. The van der Waals surface area contributed by atoms with Crippen molar-refractivity contribution in [3.05, 3.63) is 23.8 Å². The summed E-state index contributed by atoms with van der Waals surface area (Å²) >= 11 is 0. The largest absolute Gasteiger partial charge is 0.508 e. The molecular formula is C10H12O4. The fourth-order valence-electron chi connectivity index (χ4n) is 1.14. The third kappa shape index (κ3) is 2.16. The lowest BCUT2D eigenvalue weighted by Crippen LogP contribution is -2.06. The number of rotatable bonds is 3. The minimum Gasteiger partial charge on any atom is -0.508 e. The van der Waals surface area contributed by atoms with E-state index in [1.165, 1.54) is 20.3 Å². The second-order valence-electron chi connectivity index (χ2n) is 2.71. The topological polar surface area (TPSA) is 55.8 Å². The molecule has 4 nitrogen and oxygen atoms in total. The summed E-state index contributed by atoms with van der Waals surface area (Å²) in [5, 5.41) is 9.48. The summed E-state index contributed by atoms with van der Waals surface area (Å²) in [6.45, 7) is 0. The van der Waals surface area contributed by atoms with Crippen LogP contribution in [0.5, 0.6) is 11.5 Å². The Bertz CT molecular complexity index is 333. The molecule has 1 aromatic carbocycles. The molecule has 0 saturated heterocycles. The molecule has 0 amide bonds. The van der Waals surface area contributed by atoms with Crippen LogP contribution in [0, 0.1) is 0 Å². The second-order valence-corrected chi connectivity index (χ2v) is 2.71. The smallest absolute Gasteiger partial charge is 0.310 e. The van der Waals surface area contributed by atoms with Crippen LogP contribution in [0.1, 0.15) is 5.56 Å². The Morgan fingerprint density at radius 3 is 2.71 bits per heavy atom. The summed E-state index contributed by atoms with van der Waals surface area (Å²) in [6.07, 6.45) is 0.00630. The fourth-order valence-corrected chi connectivity index (χ4v) is 1.14. The minimum absolute atomic E-state index is 0.00630. The molecule has 0 fully saturated rings. The predicted octanol–water partition coefficient (Wildman–Crippen LogP) is 1.12. The number of carbonyl (C=O) groups is 1. The molecule has 4 heteroatoms. The van der Waals surface area contributed by atoms with Crippen molar-refractivity contribution in [2.75, 3.05) is 14.2 Å². The van der Waals surface area contributed by atoms with Gasteiger partial charge >= 0.3 is 5.97 Å². The van der Waals surface area contributed by atoms with Gasteiger partial charge in [0.25, 0.3) is 0 Å². The number of benzene rings is 1. The highest BCUT2D eigenvalue weighted by atomic mass is 16.5. The Hall–Kier alpha value is -1.71. The van der Waals surface area contributed by atoms with Gasteiger partial charge in [-0.3, -0.25) is 4.79 Å². The zero-order valence-electron chi connectivity index (χ0n) is 8.11. The zero-order chi connectivity index (χ0) is 10.6. The van der Waals surface area contributed by atoms with Crippen LogP contribution in [0.15, 0.2) is 18.2 Å². The van der Waals surface area contributed by atoms with Crippen molar-refractivity contribution in [3.63, 3.8) is 0 Å². The summed E-state index contributed by atoms with van der Waals surface area (Å²) in [7, 11) is 2.78. The van der Waals surface area contributed by atoms with E-state index in [2.05, 4.69) is 4.74 Å². The first-order valence-electron chi connectivity index (χ1n) is 4.10. The molecule has 0 radical (unpaired) electrons. The van der Waals surface area contributed by atoms with E-state index in [1.807, 2.05) is 0 Å². The Labute approximate surface area is 82.1 Å². The Kier molecular flexibility index (Phi) is 3.34. The molecule has 0 aliphatic heterocycles. The van der Waals surface area contributed by atoms with Gasteiger partial charge in [0, 0.05) is 5.56 Å². The molecule has 0 atom stereocenters. The number of methoxy groups -OCH3 is 2. The molecule has 1 N–H and O–H groups in total. The fraction of sp³-hybridized carbons (Fsp3) is 0.300. The first-order chi connectivity index (χ1) is 6.69. The monoisotopic (exact) mass is 196 g/mol. The van der Waals surface area contributed by atoms with E-state index in [1.54, 1.807) is 12.1 Å². The average Bonchev–Trinajstić information content (AvgIpc) is 2.20. The number of aromatic hydroxyl groups is 1. The van der Waals surface area contributed by atoms with Crippen LogP contribution in [0.25, 0.3) is 0 Å². The molecule has 76 valence electrons. The molecular weight excluding hydrogens is 184 g/mol. The van der Waals surface area contributed by atoms with Crippen molar-refractivity contribution in [1.82, 2.24) is 0 Å². The SMILES string of the molecule is COC(=O)Cc1c(O)cccc1OC. The van der Waals surface area contributed by atoms with Gasteiger partial charge in [-0.25, -0.2) is 0 Å². The standard InChI is InChI=1S/C10H12O4/c1-13-9-5-3-4-8(11)7(9)6-10(12)14-2/h3-5,11H,6H2,1-2H3. The summed E-state index contributed by atoms with van der Waals surface area (Å²) in [5.41, 5.74) is 0.446. The van der Waals surface area contributed by atoms with E-state index >= 15 is 0 Å². The molecule has 0 saturated carbocycles. The van der Waals surface area contributed by atoms with Gasteiger partial charge in [-0.15, -0.1) is 0 Å². The molecule has 0 heterocycles. The summed E-state index contributed by atoms with van der Waals surface area (Å²) in [4.78, 5) is 11.0. The van der Waals surface area contributed by atoms with Crippen LogP contribution in [0.4, 0.5) is 0 Å². The maximum atomic E-state index is 11.0. The third-order valence-corrected chi connectivity index (χ3v) is 1.88. The number of esters is 1. The summed E-state index contributed by atoms with van der Waals surface area (Å²) < 4.78 is 9.51. The Morgan fingerprint density at radius 1 is 1.43 bits per heavy atom. The summed E-state index contributed by atoms with van der Waals surface area (Å²) in [5.74, 6) is 0.106. The average molecular weight is 196 g/mol. The van der Waals surface area contributed by atoms with Gasteiger partial charge in [0.15, 0.2) is 0 Å². The van der Waals surface area contributed by atoms with Gasteiger partial charge in [0.2, 0.25) is 0 Å². The van der Waals surface area contributed by atoms with Gasteiger partial charge in [-0.05, 0) is 12.1 Å². The van der Waals surface area contributed by atoms with E-state index < -0.39 is 5.97 Å². The van der Waals surface area contributed by atoms with Crippen LogP contribution in [-0.2, 0) is 16.0 Å². The quantitative estimate of drug-likeness (QED) is 0.736. The van der Waals surface area contributed by atoms with Gasteiger partial charge < -0.3 is 14.6 Å². The molecule has 0 aromatic heterocycles. The number of hydrogen-bond acceptors (Lipinski definition) is 4. The van der Waals surface area contributed by atoms with Crippen LogP contribution >= 0.6 is 0 Å². The molecule has 0 aliphatic carbocycles. The van der Waals surface area contributed by atoms with Gasteiger partial charge in [-0.1, -0.05) is 6.07 Å². The van der Waals surface area contributed by atoms with E-state index in [9.17, 15) is 9.90 Å². The second kappa shape index (κ2) is 4.50. The molecule has 1 aromatic rings. The highest BCUT2D eigenvalue weighted by Gasteiger charge is 2.12.